The molecule has 1 aliphatic carbocycles. The Kier molecular flexibility index (Phi) is 4.11. The van der Waals surface area contributed by atoms with Gasteiger partial charge in [-0.15, -0.1) is 0 Å². The van der Waals surface area contributed by atoms with Crippen LogP contribution in [-0.2, 0) is 6.42 Å². The summed E-state index contributed by atoms with van der Waals surface area (Å²) in [5, 5.41) is 14.4. The number of halogens is 2. The smallest absolute Gasteiger partial charge is 0.335 e. The molecule has 2 aliphatic rings. The van der Waals surface area contributed by atoms with Crippen molar-refractivity contribution in [1.82, 2.24) is 0 Å². The molecular weight excluding hydrogens is 393 g/mol. The van der Waals surface area contributed by atoms with E-state index in [2.05, 4.69) is 23.5 Å². The third kappa shape index (κ3) is 2.61. The highest BCUT2D eigenvalue weighted by molar-refractivity contribution is 6.36. The average molecular weight is 410 g/mol. The maximum Gasteiger partial charge on any atom is 0.335 e. The minimum Gasteiger partial charge on any atom is -0.478 e. The van der Waals surface area contributed by atoms with Crippen molar-refractivity contribution in [1.29, 1.82) is 0 Å². The van der Waals surface area contributed by atoms with Gasteiger partial charge in [-0.1, -0.05) is 53.5 Å². The molecular formula is C23H17Cl2NO2. The molecule has 3 nitrogen and oxygen atoms in total. The van der Waals surface area contributed by atoms with Crippen molar-refractivity contribution >= 4 is 34.9 Å². The number of rotatable bonds is 2. The van der Waals surface area contributed by atoms with Crippen molar-refractivity contribution in [2.24, 2.45) is 5.92 Å². The Morgan fingerprint density at radius 1 is 0.964 bits per heavy atom. The Hall–Kier alpha value is -2.49. The summed E-state index contributed by atoms with van der Waals surface area (Å²) in [6, 6.07) is 19.2. The van der Waals surface area contributed by atoms with Gasteiger partial charge in [0.05, 0.1) is 11.6 Å². The van der Waals surface area contributed by atoms with E-state index in [-0.39, 0.29) is 17.9 Å². The molecule has 1 aliphatic heterocycles. The monoisotopic (exact) mass is 409 g/mol. The van der Waals surface area contributed by atoms with E-state index < -0.39 is 5.97 Å². The molecule has 1 heterocycles. The molecule has 0 fully saturated rings. The molecule has 0 spiro atoms. The molecule has 3 aromatic rings. The molecule has 3 atom stereocenters. The van der Waals surface area contributed by atoms with Gasteiger partial charge in [0.1, 0.15) is 0 Å². The number of anilines is 1. The van der Waals surface area contributed by atoms with Crippen LogP contribution in [0.4, 0.5) is 5.69 Å². The number of aromatic carboxylic acids is 1. The van der Waals surface area contributed by atoms with E-state index in [1.807, 2.05) is 30.3 Å². The fraction of sp³-hybridized carbons (Fsp3) is 0.174. The summed E-state index contributed by atoms with van der Waals surface area (Å²) >= 11 is 13.1. The van der Waals surface area contributed by atoms with Crippen LogP contribution in [0, 0.1) is 5.92 Å². The zero-order valence-corrected chi connectivity index (χ0v) is 16.3. The third-order valence-electron chi connectivity index (χ3n) is 5.96. The number of hydrogen-bond acceptors (Lipinski definition) is 2. The van der Waals surface area contributed by atoms with Gasteiger partial charge >= 0.3 is 5.97 Å². The van der Waals surface area contributed by atoms with Crippen LogP contribution in [0.25, 0.3) is 0 Å². The summed E-state index contributed by atoms with van der Waals surface area (Å²) in [6.45, 7) is 0. The summed E-state index contributed by atoms with van der Waals surface area (Å²) in [7, 11) is 0. The highest BCUT2D eigenvalue weighted by Crippen LogP contribution is 2.55. The molecule has 0 radical (unpaired) electrons. The minimum atomic E-state index is -0.915. The van der Waals surface area contributed by atoms with E-state index >= 15 is 0 Å². The molecule has 2 N–H and O–H groups in total. The van der Waals surface area contributed by atoms with Crippen molar-refractivity contribution in [3.63, 3.8) is 0 Å². The Bertz CT molecular complexity index is 1090. The maximum atomic E-state index is 11.5. The predicted octanol–water partition coefficient (Wildman–Crippen LogP) is 6.16. The standard InChI is InChI=1S/C23H17Cl2NO2/c24-17-6-3-7-18(25)21(17)22-16-10-12-4-1-2-5-14(12)20(16)15-11-13(23(27)28)8-9-19(15)26-22/h1-9,11,16,20,22,26H,10H2,(H,27,28)/t16-,20-,22-/m0/s1. The van der Waals surface area contributed by atoms with Crippen LogP contribution in [0.5, 0.6) is 0 Å². The summed E-state index contributed by atoms with van der Waals surface area (Å²) in [6.07, 6.45) is 0.886. The van der Waals surface area contributed by atoms with Crippen LogP contribution in [0.15, 0.2) is 60.7 Å². The van der Waals surface area contributed by atoms with Gasteiger partial charge in [0.25, 0.3) is 0 Å². The first-order valence-electron chi connectivity index (χ1n) is 9.20. The summed E-state index contributed by atoms with van der Waals surface area (Å²) < 4.78 is 0. The summed E-state index contributed by atoms with van der Waals surface area (Å²) in [5.74, 6) is -0.614. The van der Waals surface area contributed by atoms with Gasteiger partial charge in [-0.3, -0.25) is 0 Å². The second kappa shape index (κ2) is 6.54. The van der Waals surface area contributed by atoms with Crippen LogP contribution in [0.1, 0.15) is 44.6 Å². The normalized spacial score (nSPS) is 22.0. The van der Waals surface area contributed by atoms with Gasteiger partial charge in [-0.2, -0.15) is 0 Å². The van der Waals surface area contributed by atoms with Gasteiger partial charge in [-0.25, -0.2) is 4.79 Å². The van der Waals surface area contributed by atoms with Gasteiger partial charge < -0.3 is 10.4 Å². The van der Waals surface area contributed by atoms with Crippen LogP contribution in [0.2, 0.25) is 10.0 Å². The van der Waals surface area contributed by atoms with Crippen LogP contribution >= 0.6 is 23.2 Å². The Morgan fingerprint density at radius 2 is 1.71 bits per heavy atom. The van der Waals surface area contributed by atoms with E-state index in [1.165, 1.54) is 11.1 Å². The number of hydrogen-bond donors (Lipinski definition) is 2. The average Bonchev–Trinajstić information content (AvgIpc) is 3.07. The van der Waals surface area contributed by atoms with Gasteiger partial charge in [0.2, 0.25) is 0 Å². The molecule has 5 rings (SSSR count). The molecule has 0 saturated heterocycles. The van der Waals surface area contributed by atoms with Crippen LogP contribution in [-0.4, -0.2) is 11.1 Å². The topological polar surface area (TPSA) is 49.3 Å². The van der Waals surface area contributed by atoms with E-state index in [9.17, 15) is 9.90 Å². The number of carbonyl (C=O) groups is 1. The second-order valence-corrected chi connectivity index (χ2v) is 8.22. The molecule has 28 heavy (non-hydrogen) atoms. The minimum absolute atomic E-state index is 0.0539. The van der Waals surface area contributed by atoms with Crippen molar-refractivity contribution < 1.29 is 9.90 Å². The molecule has 140 valence electrons. The number of benzene rings is 3. The Balaban J connectivity index is 1.72. The first kappa shape index (κ1) is 17.6. The number of carboxylic acids is 1. The Labute approximate surface area is 172 Å². The number of carboxylic acid groups (broad SMARTS) is 1. The van der Waals surface area contributed by atoms with E-state index in [0.717, 1.165) is 23.2 Å². The molecule has 5 heteroatoms. The lowest BCUT2D eigenvalue weighted by Gasteiger charge is -2.38. The first-order chi connectivity index (χ1) is 13.5. The highest BCUT2D eigenvalue weighted by atomic mass is 35.5. The summed E-state index contributed by atoms with van der Waals surface area (Å²) in [5.41, 5.74) is 5.71. The van der Waals surface area contributed by atoms with Crippen molar-refractivity contribution in [2.75, 3.05) is 5.32 Å². The lowest BCUT2D eigenvalue weighted by molar-refractivity contribution is 0.0696. The molecule has 0 saturated carbocycles. The molecule has 0 amide bonds. The SMILES string of the molecule is O=C(O)c1ccc2c(c1)[C@@H]1c3ccccc3C[C@@H]1[C@@H](c1c(Cl)cccc1Cl)N2. The van der Waals surface area contributed by atoms with Crippen molar-refractivity contribution in [3.05, 3.63) is 98.5 Å². The lowest BCUT2D eigenvalue weighted by Crippen LogP contribution is -2.31. The molecule has 0 aromatic heterocycles. The fourth-order valence-corrected chi connectivity index (χ4v) is 5.42. The third-order valence-corrected chi connectivity index (χ3v) is 6.62. The fourth-order valence-electron chi connectivity index (χ4n) is 4.79. The Morgan fingerprint density at radius 3 is 2.46 bits per heavy atom. The van der Waals surface area contributed by atoms with Crippen molar-refractivity contribution in [2.45, 2.75) is 18.4 Å². The van der Waals surface area contributed by atoms with Crippen LogP contribution < -0.4 is 5.32 Å². The lowest BCUT2D eigenvalue weighted by atomic mass is 9.75. The maximum absolute atomic E-state index is 11.5. The summed E-state index contributed by atoms with van der Waals surface area (Å²) in [4.78, 5) is 11.5. The first-order valence-corrected chi connectivity index (χ1v) is 9.95. The van der Waals surface area contributed by atoms with E-state index in [0.29, 0.717) is 15.6 Å². The van der Waals surface area contributed by atoms with Gasteiger partial charge in [-0.05, 0) is 59.4 Å². The van der Waals surface area contributed by atoms with Crippen LogP contribution in [0.3, 0.4) is 0 Å². The van der Waals surface area contributed by atoms with Crippen molar-refractivity contribution in [3.8, 4) is 0 Å². The quantitative estimate of drug-likeness (QED) is 0.532. The second-order valence-electron chi connectivity index (χ2n) is 7.41. The van der Waals surface area contributed by atoms with E-state index in [4.69, 9.17) is 23.2 Å². The highest BCUT2D eigenvalue weighted by Gasteiger charge is 2.44. The predicted molar refractivity (Wildman–Crippen MR) is 112 cm³/mol. The van der Waals surface area contributed by atoms with Gasteiger partial charge in [0, 0.05) is 27.2 Å². The zero-order valence-electron chi connectivity index (χ0n) is 14.8. The molecule has 0 unspecified atom stereocenters. The largest absolute Gasteiger partial charge is 0.478 e. The van der Waals surface area contributed by atoms with Gasteiger partial charge in [0.15, 0.2) is 0 Å². The zero-order chi connectivity index (χ0) is 19.4. The molecule has 3 aromatic carbocycles. The van der Waals surface area contributed by atoms with E-state index in [1.54, 1.807) is 12.1 Å². The number of nitrogens with one attached hydrogen (secondary N) is 1. The molecule has 0 bridgehead atoms. The number of fused-ring (bicyclic) bond motifs is 5.